The average Bonchev–Trinajstić information content (AvgIpc) is 2.87. The number of amides is 2. The molecule has 2 amide bonds. The fourth-order valence-corrected chi connectivity index (χ4v) is 5.29. The molecule has 208 valence electrons. The summed E-state index contributed by atoms with van der Waals surface area (Å²) in [5.74, 6) is -0.856. The summed E-state index contributed by atoms with van der Waals surface area (Å²) < 4.78 is 26.7. The quantitative estimate of drug-likeness (QED) is 0.331. The molecule has 0 aliphatic rings. The third kappa shape index (κ3) is 8.46. The molecule has 0 saturated carbocycles. The molecule has 0 heterocycles. The Balaban J connectivity index is 2.08. The predicted molar refractivity (Wildman–Crippen MR) is 158 cm³/mol. The van der Waals surface area contributed by atoms with Crippen LogP contribution in [0.1, 0.15) is 30.5 Å². The molecule has 0 unspecified atom stereocenters. The van der Waals surface area contributed by atoms with E-state index in [9.17, 15) is 18.0 Å². The van der Waals surface area contributed by atoms with Gasteiger partial charge in [-0.1, -0.05) is 77.8 Å². The van der Waals surface area contributed by atoms with Gasteiger partial charge in [-0.15, -0.1) is 0 Å². The highest BCUT2D eigenvalue weighted by molar-refractivity contribution is 7.92. The lowest BCUT2D eigenvalue weighted by molar-refractivity contribution is -0.140. The van der Waals surface area contributed by atoms with Gasteiger partial charge in [-0.2, -0.15) is 0 Å². The Morgan fingerprint density at radius 2 is 1.56 bits per heavy atom. The van der Waals surface area contributed by atoms with Crippen LogP contribution in [0.2, 0.25) is 10.0 Å². The van der Waals surface area contributed by atoms with Gasteiger partial charge in [0.1, 0.15) is 12.6 Å². The predicted octanol–water partition coefficient (Wildman–Crippen LogP) is 5.23. The van der Waals surface area contributed by atoms with E-state index in [0.717, 1.165) is 27.3 Å². The number of rotatable bonds is 11. The number of benzene rings is 3. The lowest BCUT2D eigenvalue weighted by Crippen LogP contribution is -2.54. The Labute approximate surface area is 240 Å². The van der Waals surface area contributed by atoms with Crippen LogP contribution in [0.3, 0.4) is 0 Å². The van der Waals surface area contributed by atoms with Crippen LogP contribution in [0.15, 0.2) is 72.8 Å². The first-order valence-electron chi connectivity index (χ1n) is 12.5. The van der Waals surface area contributed by atoms with Gasteiger partial charge in [-0.25, -0.2) is 8.42 Å². The summed E-state index contributed by atoms with van der Waals surface area (Å²) in [6.07, 6.45) is 1.27. The van der Waals surface area contributed by atoms with Crippen molar-refractivity contribution in [2.45, 2.75) is 45.8 Å². The van der Waals surface area contributed by atoms with Crippen molar-refractivity contribution in [1.82, 2.24) is 10.2 Å². The van der Waals surface area contributed by atoms with Gasteiger partial charge in [0.05, 0.1) is 22.0 Å². The van der Waals surface area contributed by atoms with Crippen LogP contribution in [0.5, 0.6) is 0 Å². The Morgan fingerprint density at radius 3 is 2.15 bits per heavy atom. The fourth-order valence-electron chi connectivity index (χ4n) is 4.16. The molecule has 0 fully saturated rings. The fraction of sp³-hybridized carbons (Fsp3) is 0.310. The highest BCUT2D eigenvalue weighted by Gasteiger charge is 2.33. The molecule has 1 N–H and O–H groups in total. The van der Waals surface area contributed by atoms with Crippen molar-refractivity contribution >= 4 is 50.7 Å². The maximum Gasteiger partial charge on any atom is 0.244 e. The van der Waals surface area contributed by atoms with Gasteiger partial charge in [-0.3, -0.25) is 13.9 Å². The van der Waals surface area contributed by atoms with Crippen LogP contribution in [-0.2, 0) is 32.6 Å². The van der Waals surface area contributed by atoms with Crippen molar-refractivity contribution in [1.29, 1.82) is 0 Å². The Kier molecular flexibility index (Phi) is 10.4. The molecule has 0 aromatic heterocycles. The normalized spacial score (nSPS) is 12.2. The van der Waals surface area contributed by atoms with E-state index in [4.69, 9.17) is 23.2 Å². The van der Waals surface area contributed by atoms with E-state index in [1.807, 2.05) is 75.4 Å². The molecule has 39 heavy (non-hydrogen) atoms. The van der Waals surface area contributed by atoms with Gasteiger partial charge in [-0.05, 0) is 55.7 Å². The van der Waals surface area contributed by atoms with Gasteiger partial charge < -0.3 is 10.2 Å². The van der Waals surface area contributed by atoms with Crippen molar-refractivity contribution in [3.8, 4) is 0 Å². The number of sulfonamides is 1. The van der Waals surface area contributed by atoms with E-state index < -0.39 is 28.5 Å². The number of nitrogens with zero attached hydrogens (tertiary/aromatic N) is 2. The zero-order valence-corrected chi connectivity index (χ0v) is 24.7. The zero-order valence-electron chi connectivity index (χ0n) is 22.4. The van der Waals surface area contributed by atoms with E-state index >= 15 is 0 Å². The molecule has 0 radical (unpaired) electrons. The monoisotopic (exact) mass is 589 g/mol. The average molecular weight is 591 g/mol. The molecule has 3 aromatic carbocycles. The minimum atomic E-state index is -3.90. The molecule has 1 atom stereocenters. The molecule has 0 saturated heterocycles. The van der Waals surface area contributed by atoms with Gasteiger partial charge in [0.15, 0.2) is 0 Å². The maximum absolute atomic E-state index is 14.0. The molecule has 0 aliphatic heterocycles. The first-order chi connectivity index (χ1) is 18.4. The van der Waals surface area contributed by atoms with Crippen molar-refractivity contribution in [2.24, 2.45) is 0 Å². The summed E-state index contributed by atoms with van der Waals surface area (Å²) in [5, 5.41) is 3.35. The number of aryl methyl sites for hydroxylation is 1. The molecule has 0 aliphatic carbocycles. The van der Waals surface area contributed by atoms with Crippen LogP contribution >= 0.6 is 23.2 Å². The van der Waals surface area contributed by atoms with Gasteiger partial charge in [0.2, 0.25) is 21.8 Å². The SMILES string of the molecule is Cc1ccccc1CN(C(=O)CN(c1ccc(Cl)c(Cl)c1)S(C)(=O)=O)[C@H](Cc1ccccc1)C(=O)NC(C)C. The van der Waals surface area contributed by atoms with Crippen LogP contribution in [0.25, 0.3) is 0 Å². The van der Waals surface area contributed by atoms with Crippen molar-refractivity contribution in [3.05, 3.63) is 99.5 Å². The molecular weight excluding hydrogens is 557 g/mol. The third-order valence-corrected chi connectivity index (χ3v) is 8.05. The number of carbonyl (C=O) groups is 2. The van der Waals surface area contributed by atoms with Crippen molar-refractivity contribution in [2.75, 3.05) is 17.1 Å². The Bertz CT molecular complexity index is 1420. The molecule has 3 aromatic rings. The summed E-state index contributed by atoms with van der Waals surface area (Å²) in [5.41, 5.74) is 2.86. The number of carbonyl (C=O) groups excluding carboxylic acids is 2. The standard InChI is InChI=1S/C29H33Cl2N3O4S/c1-20(2)32-29(36)27(16-22-11-6-5-7-12-22)33(18-23-13-9-8-10-21(23)3)28(35)19-34(39(4,37)38)24-14-15-25(30)26(31)17-24/h5-15,17,20,27H,16,18-19H2,1-4H3,(H,32,36)/t27-/m1/s1. The molecule has 3 rings (SSSR count). The minimum Gasteiger partial charge on any atom is -0.352 e. The minimum absolute atomic E-state index is 0.119. The second-order valence-corrected chi connectivity index (χ2v) is 12.4. The molecule has 0 spiro atoms. The third-order valence-electron chi connectivity index (χ3n) is 6.17. The largest absolute Gasteiger partial charge is 0.352 e. The number of halogens is 2. The lowest BCUT2D eigenvalue weighted by atomic mass is 10.0. The number of hydrogen-bond donors (Lipinski definition) is 1. The van der Waals surface area contributed by atoms with Gasteiger partial charge in [0.25, 0.3) is 0 Å². The molecular formula is C29H33Cl2N3O4S. The maximum atomic E-state index is 14.0. The van der Waals surface area contributed by atoms with Crippen LogP contribution in [-0.4, -0.2) is 50.0 Å². The number of anilines is 1. The van der Waals surface area contributed by atoms with E-state index in [0.29, 0.717) is 0 Å². The van der Waals surface area contributed by atoms with Crippen LogP contribution in [0.4, 0.5) is 5.69 Å². The number of nitrogens with one attached hydrogen (secondary N) is 1. The summed E-state index contributed by atoms with van der Waals surface area (Å²) in [7, 11) is -3.90. The molecule has 0 bridgehead atoms. The summed E-state index contributed by atoms with van der Waals surface area (Å²) in [6.45, 7) is 5.22. The highest BCUT2D eigenvalue weighted by atomic mass is 35.5. The Hall–Kier alpha value is -3.07. The van der Waals surface area contributed by atoms with E-state index in [-0.39, 0.29) is 40.6 Å². The van der Waals surface area contributed by atoms with Crippen molar-refractivity contribution < 1.29 is 18.0 Å². The second kappa shape index (κ2) is 13.3. The lowest BCUT2D eigenvalue weighted by Gasteiger charge is -2.34. The number of hydrogen-bond acceptors (Lipinski definition) is 4. The zero-order chi connectivity index (χ0) is 28.7. The van der Waals surface area contributed by atoms with Crippen LogP contribution in [0, 0.1) is 6.92 Å². The molecule has 10 heteroatoms. The van der Waals surface area contributed by atoms with Crippen LogP contribution < -0.4 is 9.62 Å². The van der Waals surface area contributed by atoms with Crippen molar-refractivity contribution in [3.63, 3.8) is 0 Å². The Morgan fingerprint density at radius 1 is 0.923 bits per heavy atom. The van der Waals surface area contributed by atoms with E-state index in [2.05, 4.69) is 5.32 Å². The highest BCUT2D eigenvalue weighted by Crippen LogP contribution is 2.29. The molecule has 7 nitrogen and oxygen atoms in total. The van der Waals surface area contributed by atoms with E-state index in [1.165, 1.54) is 23.1 Å². The second-order valence-electron chi connectivity index (χ2n) is 9.68. The first-order valence-corrected chi connectivity index (χ1v) is 15.1. The summed E-state index contributed by atoms with van der Waals surface area (Å²) in [6, 6.07) is 20.3. The van der Waals surface area contributed by atoms with E-state index in [1.54, 1.807) is 0 Å². The summed E-state index contributed by atoms with van der Waals surface area (Å²) >= 11 is 12.2. The topological polar surface area (TPSA) is 86.8 Å². The van der Waals surface area contributed by atoms with Gasteiger partial charge in [0, 0.05) is 19.0 Å². The summed E-state index contributed by atoms with van der Waals surface area (Å²) in [4.78, 5) is 29.0. The smallest absolute Gasteiger partial charge is 0.244 e. The van der Waals surface area contributed by atoms with Gasteiger partial charge >= 0.3 is 0 Å². The first kappa shape index (κ1) is 30.5.